The Balaban J connectivity index is 2.29. The number of likely N-dealkylation sites (N-methyl/N-ethyl adjacent to an activating group) is 1. The van der Waals surface area contributed by atoms with E-state index in [1.165, 1.54) is 18.1 Å². The Hall–Kier alpha value is -1.09. The van der Waals surface area contributed by atoms with Gasteiger partial charge in [0.05, 0.1) is 0 Å². The molecule has 0 amide bonds. The number of aryl methyl sites for hydroxylation is 1. The molecule has 1 aliphatic rings. The zero-order valence-electron chi connectivity index (χ0n) is 10.9. The van der Waals surface area contributed by atoms with Gasteiger partial charge in [-0.05, 0) is 56.5 Å². The Bertz CT molecular complexity index is 401. The van der Waals surface area contributed by atoms with Crippen LogP contribution < -0.4 is 5.32 Å². The van der Waals surface area contributed by atoms with Crippen LogP contribution in [0, 0.1) is 6.92 Å². The summed E-state index contributed by atoms with van der Waals surface area (Å²) < 4.78 is 13.0. The second-order valence-corrected chi connectivity index (χ2v) is 5.00. The van der Waals surface area contributed by atoms with E-state index in [9.17, 15) is 4.39 Å². The molecular formula is C14H21FN2. The van der Waals surface area contributed by atoms with Gasteiger partial charge in [0.2, 0.25) is 0 Å². The van der Waals surface area contributed by atoms with Gasteiger partial charge in [-0.15, -0.1) is 0 Å². The maximum atomic E-state index is 13.0. The monoisotopic (exact) mass is 236 g/mol. The van der Waals surface area contributed by atoms with E-state index in [0.717, 1.165) is 37.2 Å². The van der Waals surface area contributed by atoms with Gasteiger partial charge in [-0.1, -0.05) is 6.07 Å². The summed E-state index contributed by atoms with van der Waals surface area (Å²) in [4.78, 5) is 2.35. The van der Waals surface area contributed by atoms with Crippen molar-refractivity contribution in [1.29, 1.82) is 0 Å². The molecule has 1 N–H and O–H groups in total. The van der Waals surface area contributed by atoms with Crippen molar-refractivity contribution in [1.82, 2.24) is 4.90 Å². The molecule has 1 aromatic rings. The molecule has 3 heteroatoms. The third kappa shape index (κ3) is 2.97. The van der Waals surface area contributed by atoms with E-state index in [4.69, 9.17) is 0 Å². The van der Waals surface area contributed by atoms with E-state index >= 15 is 0 Å². The Morgan fingerprint density at radius 1 is 1.24 bits per heavy atom. The highest BCUT2D eigenvalue weighted by molar-refractivity contribution is 5.55. The minimum absolute atomic E-state index is 0.934. The molecular weight excluding hydrogens is 215 g/mol. The van der Waals surface area contributed by atoms with Crippen LogP contribution >= 0.6 is 0 Å². The normalized spacial score (nSPS) is 18.4. The van der Waals surface area contributed by atoms with E-state index in [1.54, 1.807) is 0 Å². The highest BCUT2D eigenvalue weighted by Gasteiger charge is 2.13. The molecule has 1 atom stereocenters. The number of nitrogens with one attached hydrogen (secondary N) is 1. The Labute approximate surface area is 103 Å². The number of halogens is 1. The van der Waals surface area contributed by atoms with Gasteiger partial charge in [0.25, 0.3) is 0 Å². The summed E-state index contributed by atoms with van der Waals surface area (Å²) in [6.45, 7) is 5.76. The Morgan fingerprint density at radius 2 is 1.82 bits per heavy atom. The summed E-state index contributed by atoms with van der Waals surface area (Å²) in [6, 6.07) is 4.33. The summed E-state index contributed by atoms with van der Waals surface area (Å²) in [6.07, 6.45) is 1.15. The minimum atomic E-state index is -1.000. The molecule has 2 rings (SSSR count). The van der Waals surface area contributed by atoms with Gasteiger partial charge in [-0.25, -0.2) is 4.39 Å². The maximum absolute atomic E-state index is 13.0. The van der Waals surface area contributed by atoms with E-state index in [0.29, 0.717) is 0 Å². The minimum Gasteiger partial charge on any atom is -0.356 e. The number of fused-ring (bicyclic) bond motifs is 1. The molecule has 0 saturated heterocycles. The molecule has 0 spiro atoms. The number of rotatable bonds is 2. The highest BCUT2D eigenvalue weighted by Crippen LogP contribution is 2.24. The van der Waals surface area contributed by atoms with Gasteiger partial charge in [-0.2, -0.15) is 0 Å². The van der Waals surface area contributed by atoms with Crippen molar-refractivity contribution in [2.75, 3.05) is 25.5 Å². The topological polar surface area (TPSA) is 15.3 Å². The lowest BCUT2D eigenvalue weighted by atomic mass is 9.99. The van der Waals surface area contributed by atoms with Crippen molar-refractivity contribution in [3.05, 3.63) is 28.8 Å². The maximum Gasteiger partial charge on any atom is 0.167 e. The molecule has 0 fully saturated rings. The van der Waals surface area contributed by atoms with Crippen LogP contribution in [0.3, 0.4) is 0 Å². The quantitative estimate of drug-likeness (QED) is 0.794. The van der Waals surface area contributed by atoms with Gasteiger partial charge in [-0.3, -0.25) is 0 Å². The van der Waals surface area contributed by atoms with Crippen LogP contribution in [0.25, 0.3) is 0 Å². The summed E-state index contributed by atoms with van der Waals surface area (Å²) in [7, 11) is 2.15. The van der Waals surface area contributed by atoms with Gasteiger partial charge < -0.3 is 10.2 Å². The average molecular weight is 236 g/mol. The Morgan fingerprint density at radius 3 is 2.41 bits per heavy atom. The third-order valence-corrected chi connectivity index (χ3v) is 3.43. The molecule has 0 saturated carbocycles. The van der Waals surface area contributed by atoms with E-state index < -0.39 is 6.30 Å². The van der Waals surface area contributed by atoms with Crippen LogP contribution in [0.2, 0.25) is 0 Å². The van der Waals surface area contributed by atoms with Crippen molar-refractivity contribution in [2.24, 2.45) is 0 Å². The Kier molecular flexibility index (Phi) is 3.67. The number of alkyl halides is 1. The summed E-state index contributed by atoms with van der Waals surface area (Å²) in [5.41, 5.74) is 4.85. The molecule has 0 aliphatic carbocycles. The lowest BCUT2D eigenvalue weighted by Crippen LogP contribution is -2.20. The molecule has 2 nitrogen and oxygen atoms in total. The lowest BCUT2D eigenvalue weighted by Gasteiger charge is -2.14. The van der Waals surface area contributed by atoms with Crippen LogP contribution in [0.5, 0.6) is 0 Å². The van der Waals surface area contributed by atoms with E-state index in [2.05, 4.69) is 29.4 Å². The summed E-state index contributed by atoms with van der Waals surface area (Å²) in [5, 5.41) is 2.87. The largest absolute Gasteiger partial charge is 0.356 e. The van der Waals surface area contributed by atoms with E-state index in [1.807, 2.05) is 6.92 Å². The first-order chi connectivity index (χ1) is 8.06. The fourth-order valence-electron chi connectivity index (χ4n) is 2.38. The summed E-state index contributed by atoms with van der Waals surface area (Å²) >= 11 is 0. The molecule has 17 heavy (non-hydrogen) atoms. The highest BCUT2D eigenvalue weighted by atomic mass is 19.1. The van der Waals surface area contributed by atoms with Gasteiger partial charge >= 0.3 is 0 Å². The molecule has 1 aliphatic heterocycles. The van der Waals surface area contributed by atoms with Gasteiger partial charge in [0.15, 0.2) is 6.30 Å². The van der Waals surface area contributed by atoms with Crippen molar-refractivity contribution >= 4 is 5.69 Å². The van der Waals surface area contributed by atoms with Crippen LogP contribution in [0.1, 0.15) is 23.6 Å². The zero-order valence-corrected chi connectivity index (χ0v) is 10.9. The van der Waals surface area contributed by atoms with Crippen molar-refractivity contribution < 1.29 is 4.39 Å². The number of benzene rings is 1. The lowest BCUT2D eigenvalue weighted by molar-refractivity contribution is 0.352. The number of nitrogens with zero attached hydrogens (tertiary/aromatic N) is 1. The summed E-state index contributed by atoms with van der Waals surface area (Å²) in [5.74, 6) is 0. The molecule has 0 aromatic heterocycles. The number of anilines is 1. The van der Waals surface area contributed by atoms with E-state index in [-0.39, 0.29) is 0 Å². The fraction of sp³-hybridized carbons (Fsp3) is 0.571. The predicted molar refractivity (Wildman–Crippen MR) is 70.3 cm³/mol. The molecule has 1 aromatic carbocycles. The molecule has 1 heterocycles. The van der Waals surface area contributed by atoms with Crippen LogP contribution in [0.4, 0.5) is 10.1 Å². The molecule has 94 valence electrons. The van der Waals surface area contributed by atoms with Gasteiger partial charge in [0, 0.05) is 18.8 Å². The third-order valence-electron chi connectivity index (χ3n) is 3.43. The van der Waals surface area contributed by atoms with Crippen molar-refractivity contribution in [2.45, 2.75) is 33.0 Å². The fourth-order valence-corrected chi connectivity index (χ4v) is 2.38. The van der Waals surface area contributed by atoms with Gasteiger partial charge in [0.1, 0.15) is 0 Å². The first kappa shape index (κ1) is 12.4. The smallest absolute Gasteiger partial charge is 0.167 e. The first-order valence-electron chi connectivity index (χ1n) is 6.28. The van der Waals surface area contributed by atoms with Crippen molar-refractivity contribution in [3.8, 4) is 0 Å². The SMILES string of the molecule is Cc1cc2c(cc1NC(C)F)CCN(C)CC2. The first-order valence-corrected chi connectivity index (χ1v) is 6.28. The van der Waals surface area contributed by atoms with Crippen molar-refractivity contribution in [3.63, 3.8) is 0 Å². The number of hydrogen-bond acceptors (Lipinski definition) is 2. The van der Waals surface area contributed by atoms with Crippen LogP contribution in [-0.2, 0) is 12.8 Å². The predicted octanol–water partition coefficient (Wildman–Crippen LogP) is 2.75. The average Bonchev–Trinajstić information content (AvgIpc) is 2.42. The zero-order chi connectivity index (χ0) is 12.4. The second-order valence-electron chi connectivity index (χ2n) is 5.00. The number of hydrogen-bond donors (Lipinski definition) is 1. The standard InChI is InChI=1S/C14H21FN2/c1-10-8-12-4-6-17(3)7-5-13(12)9-14(10)16-11(2)15/h8-9,11,16H,4-7H2,1-3H3. The van der Waals surface area contributed by atoms with Crippen LogP contribution in [0.15, 0.2) is 12.1 Å². The second kappa shape index (κ2) is 5.05. The molecule has 1 unspecified atom stereocenters. The molecule has 0 bridgehead atoms. The van der Waals surface area contributed by atoms with Crippen LogP contribution in [-0.4, -0.2) is 31.3 Å². The molecule has 0 radical (unpaired) electrons.